The molecular formula is C21H19F3N4O3. The normalized spacial score (nSPS) is 16.9. The minimum Gasteiger partial charge on any atom is -0.484 e. The van der Waals surface area contributed by atoms with Crippen LogP contribution in [0.2, 0.25) is 0 Å². The van der Waals surface area contributed by atoms with E-state index in [0.29, 0.717) is 24.5 Å². The third-order valence-corrected chi connectivity index (χ3v) is 4.97. The number of halogens is 3. The van der Waals surface area contributed by atoms with Gasteiger partial charge in [0.1, 0.15) is 11.4 Å². The molecule has 1 fully saturated rings. The highest BCUT2D eigenvalue weighted by Gasteiger charge is 2.33. The molecule has 1 aliphatic rings. The van der Waals surface area contributed by atoms with Crippen molar-refractivity contribution in [1.29, 1.82) is 0 Å². The predicted octanol–water partition coefficient (Wildman–Crippen LogP) is 4.28. The standard InChI is InChI=1S/C21H19F3N4O3/c22-21(23,24)17-10-9-14(12-25-17)20-26-19(27-31-20)16-8-4-5-11-28(16)18(29)13-30-15-6-2-1-3-7-15/h1-3,6-7,9-10,12,16H,4-5,8,11,13H2/t16-/m1/s1. The fraction of sp³-hybridized carbons (Fsp3) is 0.333. The molecule has 2 aromatic heterocycles. The van der Waals surface area contributed by atoms with Gasteiger partial charge in [0.15, 0.2) is 12.4 Å². The fourth-order valence-corrected chi connectivity index (χ4v) is 3.42. The van der Waals surface area contributed by atoms with Crippen molar-refractivity contribution in [2.75, 3.05) is 13.2 Å². The average Bonchev–Trinajstić information content (AvgIpc) is 3.28. The van der Waals surface area contributed by atoms with Gasteiger partial charge in [-0.25, -0.2) is 0 Å². The van der Waals surface area contributed by atoms with Crippen molar-refractivity contribution < 1.29 is 27.2 Å². The summed E-state index contributed by atoms with van der Waals surface area (Å²) in [6.45, 7) is 0.418. The number of likely N-dealkylation sites (tertiary alicyclic amines) is 1. The molecule has 3 aromatic rings. The van der Waals surface area contributed by atoms with Crippen LogP contribution >= 0.6 is 0 Å². The molecule has 10 heteroatoms. The highest BCUT2D eigenvalue weighted by molar-refractivity contribution is 5.78. The smallest absolute Gasteiger partial charge is 0.433 e. The third-order valence-electron chi connectivity index (χ3n) is 4.97. The van der Waals surface area contributed by atoms with Crippen LogP contribution in [0, 0.1) is 0 Å². The lowest BCUT2D eigenvalue weighted by molar-refractivity contribution is -0.141. The Bertz CT molecular complexity index is 1020. The number of carbonyl (C=O) groups excluding carboxylic acids is 1. The number of amides is 1. The van der Waals surface area contributed by atoms with Crippen LogP contribution in [-0.4, -0.2) is 39.1 Å². The first-order chi connectivity index (χ1) is 14.9. The molecule has 31 heavy (non-hydrogen) atoms. The molecule has 0 spiro atoms. The predicted molar refractivity (Wildman–Crippen MR) is 103 cm³/mol. The lowest BCUT2D eigenvalue weighted by Crippen LogP contribution is -2.41. The maximum atomic E-state index is 12.8. The van der Waals surface area contributed by atoms with E-state index in [9.17, 15) is 18.0 Å². The number of carbonyl (C=O) groups is 1. The summed E-state index contributed by atoms with van der Waals surface area (Å²) in [7, 11) is 0. The van der Waals surface area contributed by atoms with Crippen molar-refractivity contribution in [2.45, 2.75) is 31.5 Å². The molecular weight excluding hydrogens is 413 g/mol. The van der Waals surface area contributed by atoms with Crippen molar-refractivity contribution in [3.05, 3.63) is 60.2 Å². The first-order valence-electron chi connectivity index (χ1n) is 9.76. The number of ether oxygens (including phenoxy) is 1. The second-order valence-corrected chi connectivity index (χ2v) is 7.09. The third kappa shape index (κ3) is 4.84. The molecule has 1 atom stereocenters. The Labute approximate surface area is 175 Å². The van der Waals surface area contributed by atoms with Gasteiger partial charge in [-0.05, 0) is 43.5 Å². The number of para-hydroxylation sites is 1. The van der Waals surface area contributed by atoms with E-state index >= 15 is 0 Å². The lowest BCUT2D eigenvalue weighted by atomic mass is 10.0. The summed E-state index contributed by atoms with van der Waals surface area (Å²) in [6.07, 6.45) is -1.09. The molecule has 162 valence electrons. The van der Waals surface area contributed by atoms with E-state index in [1.807, 2.05) is 18.2 Å². The van der Waals surface area contributed by atoms with E-state index in [-0.39, 0.29) is 30.0 Å². The lowest BCUT2D eigenvalue weighted by Gasteiger charge is -2.33. The number of piperidine rings is 1. The summed E-state index contributed by atoms with van der Waals surface area (Å²) in [5, 5.41) is 3.97. The molecule has 0 N–H and O–H groups in total. The monoisotopic (exact) mass is 432 g/mol. The molecule has 1 saturated heterocycles. The van der Waals surface area contributed by atoms with E-state index in [0.717, 1.165) is 25.1 Å². The van der Waals surface area contributed by atoms with Crippen LogP contribution < -0.4 is 4.74 Å². The Kier molecular flexibility index (Phi) is 5.88. The van der Waals surface area contributed by atoms with Gasteiger partial charge in [-0.3, -0.25) is 9.78 Å². The van der Waals surface area contributed by atoms with Gasteiger partial charge in [0.05, 0.1) is 11.6 Å². The summed E-state index contributed by atoms with van der Waals surface area (Å²) < 4.78 is 48.9. The van der Waals surface area contributed by atoms with E-state index < -0.39 is 11.9 Å². The number of hydrogen-bond donors (Lipinski definition) is 0. The molecule has 4 rings (SSSR count). The van der Waals surface area contributed by atoms with E-state index in [2.05, 4.69) is 15.1 Å². The van der Waals surface area contributed by atoms with Crippen LogP contribution in [0.15, 0.2) is 53.2 Å². The average molecular weight is 432 g/mol. The topological polar surface area (TPSA) is 81.4 Å². The summed E-state index contributed by atoms with van der Waals surface area (Å²) >= 11 is 0. The number of rotatable bonds is 5. The molecule has 0 unspecified atom stereocenters. The number of hydrogen-bond acceptors (Lipinski definition) is 6. The summed E-state index contributed by atoms with van der Waals surface area (Å²) in [5.41, 5.74) is -0.730. The number of benzene rings is 1. The molecule has 0 saturated carbocycles. The number of pyridine rings is 1. The zero-order chi connectivity index (χ0) is 21.8. The zero-order valence-electron chi connectivity index (χ0n) is 16.4. The van der Waals surface area contributed by atoms with Crippen molar-refractivity contribution in [2.24, 2.45) is 0 Å². The molecule has 1 aromatic carbocycles. The quantitative estimate of drug-likeness (QED) is 0.599. The van der Waals surface area contributed by atoms with Gasteiger partial charge in [-0.15, -0.1) is 0 Å². The summed E-state index contributed by atoms with van der Waals surface area (Å²) in [5.74, 6) is 0.759. The van der Waals surface area contributed by atoms with Crippen molar-refractivity contribution in [1.82, 2.24) is 20.0 Å². The Balaban J connectivity index is 1.47. The van der Waals surface area contributed by atoms with Gasteiger partial charge in [0.2, 0.25) is 0 Å². The molecule has 3 heterocycles. The molecule has 0 bridgehead atoms. The highest BCUT2D eigenvalue weighted by atomic mass is 19.4. The maximum absolute atomic E-state index is 12.8. The first kappa shape index (κ1) is 20.8. The van der Waals surface area contributed by atoms with Crippen LogP contribution in [-0.2, 0) is 11.0 Å². The molecule has 0 aliphatic carbocycles. The molecule has 0 radical (unpaired) electrons. The van der Waals surface area contributed by atoms with Gasteiger partial charge < -0.3 is 14.2 Å². The molecule has 1 amide bonds. The molecule has 7 nitrogen and oxygen atoms in total. The van der Waals surface area contributed by atoms with Gasteiger partial charge in [-0.1, -0.05) is 23.4 Å². The van der Waals surface area contributed by atoms with Crippen molar-refractivity contribution >= 4 is 5.91 Å². The molecule has 1 aliphatic heterocycles. The van der Waals surface area contributed by atoms with E-state index in [1.54, 1.807) is 17.0 Å². The Morgan fingerprint density at radius 1 is 1.16 bits per heavy atom. The SMILES string of the molecule is O=C(COc1ccccc1)N1CCCC[C@@H]1c1noc(-c2ccc(C(F)(F)F)nc2)n1. The number of aromatic nitrogens is 3. The van der Waals surface area contributed by atoms with Crippen LogP contribution in [0.25, 0.3) is 11.5 Å². The second kappa shape index (κ2) is 8.75. The number of nitrogens with zero attached hydrogens (tertiary/aromatic N) is 4. The van der Waals surface area contributed by atoms with Crippen molar-refractivity contribution in [3.8, 4) is 17.2 Å². The minimum atomic E-state index is -4.52. The fourth-order valence-electron chi connectivity index (χ4n) is 3.42. The Morgan fingerprint density at radius 2 is 1.97 bits per heavy atom. The number of alkyl halides is 3. The minimum absolute atomic E-state index is 0.0507. The van der Waals surface area contributed by atoms with Crippen LogP contribution in [0.3, 0.4) is 0 Å². The van der Waals surface area contributed by atoms with Crippen LogP contribution in [0.1, 0.15) is 36.8 Å². The van der Waals surface area contributed by atoms with Crippen LogP contribution in [0.4, 0.5) is 13.2 Å². The Morgan fingerprint density at radius 3 is 2.68 bits per heavy atom. The largest absolute Gasteiger partial charge is 0.484 e. The Hall–Kier alpha value is -3.43. The summed E-state index contributed by atoms with van der Waals surface area (Å²) in [4.78, 5) is 22.1. The van der Waals surface area contributed by atoms with Gasteiger partial charge in [0.25, 0.3) is 11.8 Å². The van der Waals surface area contributed by atoms with Crippen molar-refractivity contribution in [3.63, 3.8) is 0 Å². The van der Waals surface area contributed by atoms with Gasteiger partial charge >= 0.3 is 6.18 Å². The second-order valence-electron chi connectivity index (χ2n) is 7.09. The maximum Gasteiger partial charge on any atom is 0.433 e. The first-order valence-corrected chi connectivity index (χ1v) is 9.76. The van der Waals surface area contributed by atoms with E-state index in [4.69, 9.17) is 9.26 Å². The van der Waals surface area contributed by atoms with Gasteiger partial charge in [-0.2, -0.15) is 18.2 Å². The highest BCUT2D eigenvalue weighted by Crippen LogP contribution is 2.32. The summed E-state index contributed by atoms with van der Waals surface area (Å²) in [6, 6.07) is 10.7. The van der Waals surface area contributed by atoms with Gasteiger partial charge in [0, 0.05) is 12.7 Å². The van der Waals surface area contributed by atoms with E-state index in [1.165, 1.54) is 6.07 Å². The zero-order valence-corrected chi connectivity index (χ0v) is 16.4. The van der Waals surface area contributed by atoms with Crippen LogP contribution in [0.5, 0.6) is 5.75 Å².